The van der Waals surface area contributed by atoms with E-state index in [1.807, 2.05) is 52.5 Å². The van der Waals surface area contributed by atoms with Crippen LogP contribution < -0.4 is 0 Å². The fourth-order valence-electron chi connectivity index (χ4n) is 0.918. The summed E-state index contributed by atoms with van der Waals surface area (Å²) in [6, 6.07) is 0.340. The Morgan fingerprint density at radius 1 is 1.23 bits per heavy atom. The summed E-state index contributed by atoms with van der Waals surface area (Å²) in [7, 11) is 0. The molecule has 0 atom stereocenters. The molecule has 1 aliphatic rings. The van der Waals surface area contributed by atoms with E-state index in [2.05, 4.69) is 0 Å². The summed E-state index contributed by atoms with van der Waals surface area (Å²) < 4.78 is 0. The Hall–Kier alpha value is -0.790. The maximum atomic E-state index is 10.9. The van der Waals surface area contributed by atoms with Gasteiger partial charge in [-0.25, -0.2) is 0 Å². The predicted octanol–water partition coefficient (Wildman–Crippen LogP) is 2.85. The molecule has 0 aliphatic carbocycles. The Balaban J connectivity index is 0. The van der Waals surface area contributed by atoms with E-state index in [9.17, 15) is 4.79 Å². The zero-order valence-corrected chi connectivity index (χ0v) is 9.79. The van der Waals surface area contributed by atoms with E-state index in [-0.39, 0.29) is 5.91 Å². The van der Waals surface area contributed by atoms with Gasteiger partial charge in [0.1, 0.15) is 0 Å². The van der Waals surface area contributed by atoms with Crippen LogP contribution in [-0.2, 0) is 4.79 Å². The second kappa shape index (κ2) is 9.30. The van der Waals surface area contributed by atoms with E-state index in [4.69, 9.17) is 0 Å². The lowest BCUT2D eigenvalue weighted by molar-refractivity contribution is -0.125. The van der Waals surface area contributed by atoms with Gasteiger partial charge in [0, 0.05) is 18.7 Å². The van der Waals surface area contributed by atoms with Crippen LogP contribution in [0.4, 0.5) is 0 Å². The topological polar surface area (TPSA) is 20.3 Å². The van der Waals surface area contributed by atoms with Gasteiger partial charge in [-0.15, -0.1) is 0 Å². The fraction of sp³-hybridized carbons (Fsp3) is 0.727. The highest BCUT2D eigenvalue weighted by Crippen LogP contribution is 2.05. The van der Waals surface area contributed by atoms with Crippen molar-refractivity contribution in [3.63, 3.8) is 0 Å². The van der Waals surface area contributed by atoms with Gasteiger partial charge in [-0.3, -0.25) is 4.79 Å². The monoisotopic (exact) mass is 185 g/mol. The van der Waals surface area contributed by atoms with Gasteiger partial charge in [0.25, 0.3) is 0 Å². The molecule has 0 aromatic rings. The van der Waals surface area contributed by atoms with E-state index in [1.54, 1.807) is 6.08 Å². The van der Waals surface area contributed by atoms with Crippen LogP contribution in [-0.4, -0.2) is 23.4 Å². The van der Waals surface area contributed by atoms with Crippen molar-refractivity contribution in [2.24, 2.45) is 0 Å². The van der Waals surface area contributed by atoms with Crippen LogP contribution in [0, 0.1) is 0 Å². The Bertz CT molecular complexity index is 150. The zero-order chi connectivity index (χ0) is 10.9. The van der Waals surface area contributed by atoms with Gasteiger partial charge < -0.3 is 4.90 Å². The Labute approximate surface area is 82.6 Å². The summed E-state index contributed by atoms with van der Waals surface area (Å²) in [5.41, 5.74) is 0. The second-order valence-corrected chi connectivity index (χ2v) is 2.49. The highest BCUT2D eigenvalue weighted by molar-refractivity contribution is 5.90. The molecule has 0 spiro atoms. The Morgan fingerprint density at radius 2 is 1.69 bits per heavy atom. The van der Waals surface area contributed by atoms with Gasteiger partial charge in [-0.05, 0) is 13.8 Å². The van der Waals surface area contributed by atoms with Gasteiger partial charge in [0.15, 0.2) is 0 Å². The zero-order valence-electron chi connectivity index (χ0n) is 9.79. The van der Waals surface area contributed by atoms with E-state index < -0.39 is 0 Å². The summed E-state index contributed by atoms with van der Waals surface area (Å²) >= 11 is 0. The van der Waals surface area contributed by atoms with Gasteiger partial charge >= 0.3 is 0 Å². The van der Waals surface area contributed by atoms with Crippen LogP contribution in [0.2, 0.25) is 0 Å². The van der Waals surface area contributed by atoms with Crippen LogP contribution in [0.15, 0.2) is 12.2 Å². The first-order valence-electron chi connectivity index (χ1n) is 5.19. The summed E-state index contributed by atoms with van der Waals surface area (Å²) in [5, 5.41) is 0. The minimum Gasteiger partial charge on any atom is -0.333 e. The van der Waals surface area contributed by atoms with Crippen LogP contribution >= 0.6 is 0 Å². The molecule has 0 saturated carbocycles. The van der Waals surface area contributed by atoms with Crippen LogP contribution in [0.5, 0.6) is 0 Å². The molecule has 2 nitrogen and oxygen atoms in total. The first-order valence-corrected chi connectivity index (χ1v) is 5.19. The average molecular weight is 185 g/mol. The molecule has 1 aliphatic heterocycles. The summed E-state index contributed by atoms with van der Waals surface area (Å²) in [4.78, 5) is 12.7. The van der Waals surface area contributed by atoms with Crippen molar-refractivity contribution in [1.29, 1.82) is 0 Å². The van der Waals surface area contributed by atoms with Crippen molar-refractivity contribution in [2.45, 2.75) is 47.6 Å². The molecule has 0 fully saturated rings. The third kappa shape index (κ3) is 5.45. The lowest BCUT2D eigenvalue weighted by Crippen LogP contribution is -2.32. The maximum Gasteiger partial charge on any atom is 0.246 e. The number of carbonyl (C=O) groups excluding carboxylic acids is 1. The first-order chi connectivity index (χ1) is 6.22. The third-order valence-corrected chi connectivity index (χ3v) is 1.47. The van der Waals surface area contributed by atoms with E-state index in [0.29, 0.717) is 6.04 Å². The number of amides is 1. The largest absolute Gasteiger partial charge is 0.333 e. The average Bonchev–Trinajstić information content (AvgIpc) is 2.58. The standard InChI is InChI=1S/C7H11NO.2C2H6/c1-6(2)8-5-3-4-7(8)9;2*1-2/h3-4,6H,5H2,1-2H3;2*1-2H3. The number of hydrogen-bond donors (Lipinski definition) is 0. The third-order valence-electron chi connectivity index (χ3n) is 1.47. The second-order valence-electron chi connectivity index (χ2n) is 2.49. The summed E-state index contributed by atoms with van der Waals surface area (Å²) in [6.07, 6.45) is 3.52. The van der Waals surface area contributed by atoms with Crippen LogP contribution in [0.3, 0.4) is 0 Å². The smallest absolute Gasteiger partial charge is 0.246 e. The molecule has 1 amide bonds. The number of rotatable bonds is 1. The summed E-state index contributed by atoms with van der Waals surface area (Å²) in [5.74, 6) is 0.144. The van der Waals surface area contributed by atoms with Crippen molar-refractivity contribution in [2.75, 3.05) is 6.54 Å². The molecule has 1 rings (SSSR count). The maximum absolute atomic E-state index is 10.9. The molecule has 0 radical (unpaired) electrons. The quantitative estimate of drug-likeness (QED) is 0.615. The molecule has 78 valence electrons. The van der Waals surface area contributed by atoms with Crippen LogP contribution in [0.25, 0.3) is 0 Å². The molecule has 1 heterocycles. The van der Waals surface area contributed by atoms with Crippen molar-refractivity contribution >= 4 is 5.91 Å². The van der Waals surface area contributed by atoms with Crippen molar-refractivity contribution in [1.82, 2.24) is 4.90 Å². The minimum absolute atomic E-state index is 0.144. The highest BCUT2D eigenvalue weighted by Gasteiger charge is 2.16. The lowest BCUT2D eigenvalue weighted by Gasteiger charge is -2.19. The van der Waals surface area contributed by atoms with E-state index >= 15 is 0 Å². The molecule has 0 aromatic heterocycles. The molecule has 2 heteroatoms. The number of nitrogens with zero attached hydrogens (tertiary/aromatic N) is 1. The van der Waals surface area contributed by atoms with Gasteiger partial charge in [0.2, 0.25) is 5.91 Å². The minimum atomic E-state index is 0.144. The normalized spacial score (nSPS) is 13.5. The predicted molar refractivity (Wildman–Crippen MR) is 58.7 cm³/mol. The molecule has 0 bridgehead atoms. The molecule has 0 aromatic carbocycles. The molecular weight excluding hydrogens is 162 g/mol. The van der Waals surface area contributed by atoms with Gasteiger partial charge in [0.05, 0.1) is 0 Å². The van der Waals surface area contributed by atoms with Crippen molar-refractivity contribution < 1.29 is 4.79 Å². The van der Waals surface area contributed by atoms with Gasteiger partial charge in [-0.2, -0.15) is 0 Å². The van der Waals surface area contributed by atoms with E-state index in [0.717, 1.165) is 6.54 Å². The molecule has 0 saturated heterocycles. The first kappa shape index (κ1) is 14.7. The van der Waals surface area contributed by atoms with Crippen molar-refractivity contribution in [3.8, 4) is 0 Å². The lowest BCUT2D eigenvalue weighted by atomic mass is 10.3. The fourth-order valence-corrected chi connectivity index (χ4v) is 0.918. The SMILES string of the molecule is CC.CC.CC(C)N1CC=CC1=O. The number of carbonyl (C=O) groups is 1. The highest BCUT2D eigenvalue weighted by atomic mass is 16.2. The van der Waals surface area contributed by atoms with Crippen molar-refractivity contribution in [3.05, 3.63) is 12.2 Å². The summed E-state index contributed by atoms with van der Waals surface area (Å²) in [6.45, 7) is 12.8. The van der Waals surface area contributed by atoms with Crippen LogP contribution in [0.1, 0.15) is 41.5 Å². The Morgan fingerprint density at radius 3 is 1.85 bits per heavy atom. The molecule has 0 N–H and O–H groups in total. The Kier molecular flexibility index (Phi) is 10.5. The molecule has 0 unspecified atom stereocenters. The van der Waals surface area contributed by atoms with E-state index in [1.165, 1.54) is 0 Å². The van der Waals surface area contributed by atoms with Gasteiger partial charge in [-0.1, -0.05) is 33.8 Å². The molecule has 13 heavy (non-hydrogen) atoms. The number of hydrogen-bond acceptors (Lipinski definition) is 1. The molecular formula is C11H23NO.